The number of nitrogens with zero attached hydrogens (tertiary/aromatic N) is 5. The molecule has 8 nitrogen and oxygen atoms in total. The van der Waals surface area contributed by atoms with Crippen LogP contribution in [0.1, 0.15) is 5.82 Å². The molecule has 2 heterocycles. The lowest BCUT2D eigenvalue weighted by molar-refractivity contribution is -0.192. The molecule has 0 aliphatic carbocycles. The Morgan fingerprint density at radius 2 is 1.65 bits per heavy atom. The summed E-state index contributed by atoms with van der Waals surface area (Å²) in [4.78, 5) is 22.2. The summed E-state index contributed by atoms with van der Waals surface area (Å²) < 4.78 is 46.8. The quantitative estimate of drug-likeness (QED) is 0.299. The fourth-order valence-corrected chi connectivity index (χ4v) is 3.28. The van der Waals surface area contributed by atoms with Gasteiger partial charge in [0.2, 0.25) is 5.95 Å². The van der Waals surface area contributed by atoms with E-state index in [4.69, 9.17) is 14.9 Å². The Bertz CT molecular complexity index is 1530. The highest BCUT2D eigenvalue weighted by Crippen LogP contribution is 2.28. The Balaban J connectivity index is 0.000000405. The van der Waals surface area contributed by atoms with Gasteiger partial charge < -0.3 is 10.4 Å². The Labute approximate surface area is 207 Å². The van der Waals surface area contributed by atoms with Gasteiger partial charge >= 0.3 is 12.1 Å². The number of aryl methyl sites for hydroxylation is 1. The summed E-state index contributed by atoms with van der Waals surface area (Å²) in [6.07, 6.45) is -1.62. The third kappa shape index (κ3) is 6.23. The third-order valence-electron chi connectivity index (χ3n) is 5.00. The zero-order valence-corrected chi connectivity index (χ0v) is 19.1. The van der Waals surface area contributed by atoms with Crippen molar-refractivity contribution in [1.82, 2.24) is 24.7 Å². The second kappa shape index (κ2) is 10.4. The molecule has 37 heavy (non-hydrogen) atoms. The molecule has 0 saturated heterocycles. The second-order valence-corrected chi connectivity index (χ2v) is 7.66. The topological polar surface area (TPSA) is 106 Å². The van der Waals surface area contributed by atoms with E-state index in [-0.39, 0.29) is 5.82 Å². The number of aromatic nitrogens is 5. The summed E-state index contributed by atoms with van der Waals surface area (Å²) in [5, 5.41) is 15.6. The first-order chi connectivity index (χ1) is 17.6. The van der Waals surface area contributed by atoms with Crippen molar-refractivity contribution in [3.8, 4) is 16.8 Å². The van der Waals surface area contributed by atoms with Crippen LogP contribution in [0.4, 0.5) is 29.2 Å². The molecular formula is C25H18F4N6O2. The summed E-state index contributed by atoms with van der Waals surface area (Å²) in [7, 11) is 0. The van der Waals surface area contributed by atoms with Gasteiger partial charge in [0, 0.05) is 22.8 Å². The van der Waals surface area contributed by atoms with Crippen molar-refractivity contribution >= 4 is 28.5 Å². The lowest BCUT2D eigenvalue weighted by Gasteiger charge is -2.10. The highest BCUT2D eigenvalue weighted by molar-refractivity contribution is 5.93. The van der Waals surface area contributed by atoms with Crippen molar-refractivity contribution in [2.75, 3.05) is 5.32 Å². The van der Waals surface area contributed by atoms with Crippen LogP contribution >= 0.6 is 0 Å². The van der Waals surface area contributed by atoms with E-state index in [1.54, 1.807) is 29.3 Å². The first-order valence-electron chi connectivity index (χ1n) is 10.7. The number of fused-ring (bicyclic) bond motifs is 1. The van der Waals surface area contributed by atoms with Gasteiger partial charge in [0.25, 0.3) is 0 Å². The Morgan fingerprint density at radius 3 is 2.24 bits per heavy atom. The van der Waals surface area contributed by atoms with Gasteiger partial charge in [0.05, 0.1) is 11.2 Å². The van der Waals surface area contributed by atoms with Crippen molar-refractivity contribution in [3.63, 3.8) is 0 Å². The van der Waals surface area contributed by atoms with E-state index in [2.05, 4.69) is 20.4 Å². The minimum Gasteiger partial charge on any atom is -0.475 e. The molecule has 0 bridgehead atoms. The number of alkyl halides is 3. The summed E-state index contributed by atoms with van der Waals surface area (Å²) in [5.41, 5.74) is 4.40. The van der Waals surface area contributed by atoms with Crippen LogP contribution in [-0.2, 0) is 4.79 Å². The fourth-order valence-electron chi connectivity index (χ4n) is 3.28. The fraction of sp³-hybridized carbons (Fsp3) is 0.0800. The molecule has 0 amide bonds. The molecule has 0 saturated carbocycles. The number of anilines is 2. The average molecular weight is 510 g/mol. The molecule has 12 heteroatoms. The van der Waals surface area contributed by atoms with E-state index in [1.807, 2.05) is 49.4 Å². The molecular weight excluding hydrogens is 492 g/mol. The molecule has 0 atom stereocenters. The molecule has 2 N–H and O–H groups in total. The van der Waals surface area contributed by atoms with Gasteiger partial charge in [-0.3, -0.25) is 0 Å². The largest absolute Gasteiger partial charge is 0.490 e. The molecule has 0 unspecified atom stereocenters. The molecule has 2 aromatic heterocycles. The number of nitrogens with one attached hydrogen (secondary N) is 1. The maximum atomic E-state index is 13.3. The third-order valence-corrected chi connectivity index (χ3v) is 5.00. The van der Waals surface area contributed by atoms with E-state index in [0.29, 0.717) is 5.95 Å². The molecule has 0 fully saturated rings. The van der Waals surface area contributed by atoms with Crippen LogP contribution < -0.4 is 5.32 Å². The van der Waals surface area contributed by atoms with Gasteiger partial charge in [-0.2, -0.15) is 18.3 Å². The number of hydrogen-bond donors (Lipinski definition) is 2. The van der Waals surface area contributed by atoms with Crippen LogP contribution in [0.2, 0.25) is 0 Å². The van der Waals surface area contributed by atoms with Gasteiger partial charge in [-0.1, -0.05) is 30.3 Å². The first-order valence-corrected chi connectivity index (χ1v) is 10.7. The van der Waals surface area contributed by atoms with E-state index in [1.165, 1.54) is 12.1 Å². The summed E-state index contributed by atoms with van der Waals surface area (Å²) >= 11 is 0. The summed E-state index contributed by atoms with van der Waals surface area (Å²) in [6, 6.07) is 20.1. The number of carboxylic acids is 1. The molecule has 188 valence electrons. The number of aliphatic carboxylic acids is 1. The normalized spacial score (nSPS) is 11.1. The molecule has 5 aromatic rings. The van der Waals surface area contributed by atoms with Crippen LogP contribution in [-0.4, -0.2) is 42.0 Å². The number of rotatable bonds is 4. The predicted molar refractivity (Wildman–Crippen MR) is 128 cm³/mol. The molecule has 3 aromatic carbocycles. The number of halogens is 4. The maximum Gasteiger partial charge on any atom is 0.490 e. The Hall–Kier alpha value is -4.87. The van der Waals surface area contributed by atoms with Crippen molar-refractivity contribution < 1.29 is 27.5 Å². The van der Waals surface area contributed by atoms with Crippen LogP contribution in [0.15, 0.2) is 79.3 Å². The lowest BCUT2D eigenvalue weighted by Crippen LogP contribution is -2.21. The van der Waals surface area contributed by atoms with Gasteiger partial charge in [-0.05, 0) is 48.9 Å². The Kier molecular flexibility index (Phi) is 7.09. The molecule has 5 rings (SSSR count). The molecule has 0 aliphatic rings. The van der Waals surface area contributed by atoms with Crippen LogP contribution in [0.5, 0.6) is 0 Å². The first kappa shape index (κ1) is 25.2. The highest BCUT2D eigenvalue weighted by Gasteiger charge is 2.38. The van der Waals surface area contributed by atoms with E-state index < -0.39 is 12.1 Å². The number of para-hydroxylation sites is 1. The van der Waals surface area contributed by atoms with Gasteiger partial charge in [0.15, 0.2) is 0 Å². The molecule has 0 aliphatic heterocycles. The van der Waals surface area contributed by atoms with E-state index in [0.717, 1.165) is 39.2 Å². The number of hydrogen-bond acceptors (Lipinski definition) is 6. The number of carbonyl (C=O) groups is 1. The number of carboxylic acid groups (broad SMARTS) is 1. The van der Waals surface area contributed by atoms with Gasteiger partial charge in [0.1, 0.15) is 18.0 Å². The summed E-state index contributed by atoms with van der Waals surface area (Å²) in [5.74, 6) is -1.81. The van der Waals surface area contributed by atoms with Crippen molar-refractivity contribution in [2.45, 2.75) is 13.1 Å². The van der Waals surface area contributed by atoms with E-state index in [9.17, 15) is 17.6 Å². The predicted octanol–water partition coefficient (Wildman–Crippen LogP) is 5.70. The van der Waals surface area contributed by atoms with Crippen LogP contribution in [0.25, 0.3) is 27.7 Å². The van der Waals surface area contributed by atoms with Gasteiger partial charge in [-0.25, -0.2) is 28.8 Å². The zero-order chi connectivity index (χ0) is 26.6. The van der Waals surface area contributed by atoms with Crippen molar-refractivity contribution in [3.05, 3.63) is 90.9 Å². The molecule has 0 radical (unpaired) electrons. The molecule has 0 spiro atoms. The SMILES string of the molecule is Cc1ncn(-c2ccc(Nc3ncc4cccc(-c5ccc(F)cc5)c4n3)cc2)n1.O=C(O)C(F)(F)F. The van der Waals surface area contributed by atoms with Crippen LogP contribution in [0.3, 0.4) is 0 Å². The standard InChI is InChI=1S/C23H17FN6.C2HF3O2/c1-15-26-14-30(29-15)20-11-9-19(10-12-20)27-23-25-13-17-3-2-4-21(22(17)28-23)16-5-7-18(24)8-6-16;3-2(4,5)1(6)7/h2-14H,1H3,(H,25,27,28);(H,6,7). The Morgan fingerprint density at radius 1 is 0.973 bits per heavy atom. The smallest absolute Gasteiger partial charge is 0.475 e. The lowest BCUT2D eigenvalue weighted by atomic mass is 10.0. The number of benzene rings is 3. The summed E-state index contributed by atoms with van der Waals surface area (Å²) in [6.45, 7) is 1.85. The maximum absolute atomic E-state index is 13.3. The van der Waals surface area contributed by atoms with Crippen molar-refractivity contribution in [2.24, 2.45) is 0 Å². The second-order valence-electron chi connectivity index (χ2n) is 7.66. The minimum absolute atomic E-state index is 0.263. The van der Waals surface area contributed by atoms with Gasteiger partial charge in [-0.15, -0.1) is 0 Å². The zero-order valence-electron chi connectivity index (χ0n) is 19.1. The highest BCUT2D eigenvalue weighted by atomic mass is 19.4. The van der Waals surface area contributed by atoms with Crippen LogP contribution in [0, 0.1) is 12.7 Å². The monoisotopic (exact) mass is 510 g/mol. The van der Waals surface area contributed by atoms with Crippen molar-refractivity contribution in [1.29, 1.82) is 0 Å². The minimum atomic E-state index is -5.08. The van der Waals surface area contributed by atoms with E-state index >= 15 is 0 Å². The average Bonchev–Trinajstić information content (AvgIpc) is 3.31.